The standard InChI is InChI=1S/C11H12Br3N3O/c12-7-5-8(13)10(9(14)6-7)15-1-3-17-4-2-16-11(17)18/h5-6,15H,1-4H2,(H,16,18). The zero-order valence-corrected chi connectivity index (χ0v) is 14.2. The minimum Gasteiger partial charge on any atom is -0.381 e. The second kappa shape index (κ2) is 6.25. The number of halogens is 3. The van der Waals surface area contributed by atoms with Gasteiger partial charge in [0.2, 0.25) is 0 Å². The van der Waals surface area contributed by atoms with Crippen molar-refractivity contribution < 1.29 is 4.79 Å². The Morgan fingerprint density at radius 3 is 2.50 bits per heavy atom. The minimum absolute atomic E-state index is 0.0192. The van der Waals surface area contributed by atoms with E-state index in [1.165, 1.54) is 0 Å². The molecule has 98 valence electrons. The van der Waals surface area contributed by atoms with Gasteiger partial charge in [-0.15, -0.1) is 0 Å². The van der Waals surface area contributed by atoms with E-state index in [-0.39, 0.29) is 6.03 Å². The fraction of sp³-hybridized carbons (Fsp3) is 0.364. The lowest BCUT2D eigenvalue weighted by molar-refractivity contribution is 0.219. The van der Waals surface area contributed by atoms with E-state index in [0.29, 0.717) is 13.1 Å². The first kappa shape index (κ1) is 14.1. The van der Waals surface area contributed by atoms with Crippen LogP contribution in [0.15, 0.2) is 25.6 Å². The van der Waals surface area contributed by atoms with Gasteiger partial charge in [0.15, 0.2) is 0 Å². The summed E-state index contributed by atoms with van der Waals surface area (Å²) < 4.78 is 2.97. The van der Waals surface area contributed by atoms with Gasteiger partial charge in [-0.25, -0.2) is 4.79 Å². The number of amides is 2. The number of carbonyl (C=O) groups excluding carboxylic acids is 1. The first-order chi connectivity index (χ1) is 8.58. The number of hydrogen-bond donors (Lipinski definition) is 2. The van der Waals surface area contributed by atoms with Crippen LogP contribution in [0.2, 0.25) is 0 Å². The van der Waals surface area contributed by atoms with E-state index < -0.39 is 0 Å². The van der Waals surface area contributed by atoms with Crippen molar-refractivity contribution in [2.45, 2.75) is 0 Å². The normalized spacial score (nSPS) is 14.8. The summed E-state index contributed by atoms with van der Waals surface area (Å²) in [5, 5.41) is 6.10. The van der Waals surface area contributed by atoms with E-state index in [4.69, 9.17) is 0 Å². The Morgan fingerprint density at radius 2 is 1.94 bits per heavy atom. The Bertz CT molecular complexity index is 444. The zero-order chi connectivity index (χ0) is 13.1. The highest BCUT2D eigenvalue weighted by atomic mass is 79.9. The number of anilines is 1. The molecule has 1 saturated heterocycles. The van der Waals surface area contributed by atoms with Crippen molar-refractivity contribution in [3.05, 3.63) is 25.6 Å². The molecule has 2 N–H and O–H groups in total. The van der Waals surface area contributed by atoms with E-state index in [9.17, 15) is 4.79 Å². The summed E-state index contributed by atoms with van der Waals surface area (Å²) in [4.78, 5) is 13.2. The fourth-order valence-electron chi connectivity index (χ4n) is 1.75. The molecule has 1 aliphatic heterocycles. The molecule has 18 heavy (non-hydrogen) atoms. The maximum Gasteiger partial charge on any atom is 0.317 e. The lowest BCUT2D eigenvalue weighted by Crippen LogP contribution is -2.32. The molecule has 1 aromatic rings. The molecule has 0 radical (unpaired) electrons. The van der Waals surface area contributed by atoms with Crippen LogP contribution >= 0.6 is 47.8 Å². The molecule has 0 bridgehead atoms. The lowest BCUT2D eigenvalue weighted by atomic mass is 10.3. The van der Waals surface area contributed by atoms with Gasteiger partial charge >= 0.3 is 6.03 Å². The molecule has 1 aromatic carbocycles. The Hall–Kier alpha value is -0.270. The number of nitrogens with one attached hydrogen (secondary N) is 2. The molecule has 0 aliphatic carbocycles. The quantitative estimate of drug-likeness (QED) is 0.752. The first-order valence-electron chi connectivity index (χ1n) is 5.49. The molecule has 4 nitrogen and oxygen atoms in total. The molecule has 0 unspecified atom stereocenters. The number of carbonyl (C=O) groups is 1. The van der Waals surface area contributed by atoms with E-state index in [2.05, 4.69) is 58.4 Å². The summed E-state index contributed by atoms with van der Waals surface area (Å²) in [6, 6.07) is 3.98. The van der Waals surface area contributed by atoms with Crippen molar-refractivity contribution in [2.75, 3.05) is 31.5 Å². The lowest BCUT2D eigenvalue weighted by Gasteiger charge is -2.16. The van der Waals surface area contributed by atoms with Gasteiger partial charge in [-0.2, -0.15) is 0 Å². The Labute approximate surface area is 131 Å². The summed E-state index contributed by atoms with van der Waals surface area (Å²) in [6.07, 6.45) is 0. The number of benzene rings is 1. The predicted octanol–water partition coefficient (Wildman–Crippen LogP) is 3.41. The number of nitrogens with zero attached hydrogens (tertiary/aromatic N) is 1. The van der Waals surface area contributed by atoms with Gasteiger partial charge in [0, 0.05) is 39.6 Å². The second-order valence-electron chi connectivity index (χ2n) is 3.89. The van der Waals surface area contributed by atoms with Crippen LogP contribution in [0.25, 0.3) is 0 Å². The highest BCUT2D eigenvalue weighted by molar-refractivity contribution is 9.11. The second-order valence-corrected chi connectivity index (χ2v) is 6.51. The van der Waals surface area contributed by atoms with Crippen LogP contribution < -0.4 is 10.6 Å². The average molecular weight is 442 g/mol. The third-order valence-electron chi connectivity index (χ3n) is 2.64. The third-order valence-corrected chi connectivity index (χ3v) is 4.34. The molecule has 0 aromatic heterocycles. The van der Waals surface area contributed by atoms with Crippen LogP contribution in [-0.4, -0.2) is 37.1 Å². The van der Waals surface area contributed by atoms with Crippen molar-refractivity contribution in [3.8, 4) is 0 Å². The van der Waals surface area contributed by atoms with Crippen molar-refractivity contribution in [1.82, 2.24) is 10.2 Å². The highest BCUT2D eigenvalue weighted by Crippen LogP contribution is 2.34. The molecule has 0 atom stereocenters. The number of urea groups is 1. The van der Waals surface area contributed by atoms with Crippen molar-refractivity contribution >= 4 is 59.5 Å². The third kappa shape index (κ3) is 3.39. The first-order valence-corrected chi connectivity index (χ1v) is 7.87. The van der Waals surface area contributed by atoms with E-state index in [1.54, 1.807) is 4.90 Å². The fourth-order valence-corrected chi connectivity index (χ4v) is 4.29. The average Bonchev–Trinajstić information content (AvgIpc) is 2.68. The van der Waals surface area contributed by atoms with Crippen molar-refractivity contribution in [3.63, 3.8) is 0 Å². The van der Waals surface area contributed by atoms with Crippen LogP contribution in [0.1, 0.15) is 0 Å². The summed E-state index contributed by atoms with van der Waals surface area (Å²) in [6.45, 7) is 2.93. The van der Waals surface area contributed by atoms with E-state index >= 15 is 0 Å². The smallest absolute Gasteiger partial charge is 0.317 e. The molecule has 0 saturated carbocycles. The molecule has 1 aliphatic rings. The van der Waals surface area contributed by atoms with Gasteiger partial charge in [-0.05, 0) is 44.0 Å². The van der Waals surface area contributed by atoms with Gasteiger partial charge in [-0.3, -0.25) is 0 Å². The van der Waals surface area contributed by atoms with E-state index in [1.807, 2.05) is 12.1 Å². The van der Waals surface area contributed by atoms with Crippen LogP contribution in [0.3, 0.4) is 0 Å². The Balaban J connectivity index is 1.92. The van der Waals surface area contributed by atoms with Gasteiger partial charge in [0.1, 0.15) is 0 Å². The summed E-state index contributed by atoms with van der Waals surface area (Å²) >= 11 is 10.4. The van der Waals surface area contributed by atoms with Gasteiger partial charge in [0.05, 0.1) is 5.69 Å². The molecule has 2 rings (SSSR count). The monoisotopic (exact) mass is 439 g/mol. The zero-order valence-electron chi connectivity index (χ0n) is 9.47. The van der Waals surface area contributed by atoms with Crippen molar-refractivity contribution in [1.29, 1.82) is 0 Å². The predicted molar refractivity (Wildman–Crippen MR) is 83.0 cm³/mol. The molecular weight excluding hydrogens is 430 g/mol. The summed E-state index contributed by atoms with van der Waals surface area (Å²) in [5.41, 5.74) is 0.998. The Morgan fingerprint density at radius 1 is 1.28 bits per heavy atom. The highest BCUT2D eigenvalue weighted by Gasteiger charge is 2.18. The topological polar surface area (TPSA) is 44.4 Å². The molecular formula is C11H12Br3N3O. The minimum atomic E-state index is 0.0192. The molecule has 0 spiro atoms. The molecule has 7 heteroatoms. The number of rotatable bonds is 4. The van der Waals surface area contributed by atoms with Crippen LogP contribution in [0.5, 0.6) is 0 Å². The van der Waals surface area contributed by atoms with E-state index in [0.717, 1.165) is 32.2 Å². The Kier molecular flexibility index (Phi) is 4.91. The SMILES string of the molecule is O=C1NCCN1CCNc1c(Br)cc(Br)cc1Br. The molecule has 2 amide bonds. The van der Waals surface area contributed by atoms with Crippen molar-refractivity contribution in [2.24, 2.45) is 0 Å². The number of hydrogen-bond acceptors (Lipinski definition) is 2. The van der Waals surface area contributed by atoms with Gasteiger partial charge in [0.25, 0.3) is 0 Å². The van der Waals surface area contributed by atoms with Gasteiger partial charge < -0.3 is 15.5 Å². The van der Waals surface area contributed by atoms with Crippen LogP contribution in [0, 0.1) is 0 Å². The maximum atomic E-state index is 11.4. The van der Waals surface area contributed by atoms with Crippen LogP contribution in [0.4, 0.5) is 10.5 Å². The summed E-state index contributed by atoms with van der Waals surface area (Å²) in [5.74, 6) is 0. The largest absolute Gasteiger partial charge is 0.381 e. The molecule has 1 fully saturated rings. The van der Waals surface area contributed by atoms with Gasteiger partial charge in [-0.1, -0.05) is 15.9 Å². The molecule has 1 heterocycles. The summed E-state index contributed by atoms with van der Waals surface area (Å²) in [7, 11) is 0. The van der Waals surface area contributed by atoms with Crippen LogP contribution in [-0.2, 0) is 0 Å². The maximum absolute atomic E-state index is 11.4.